The summed E-state index contributed by atoms with van der Waals surface area (Å²) in [7, 11) is 0. The number of hydrogen-bond acceptors (Lipinski definition) is 2. The van der Waals surface area contributed by atoms with Crippen LogP contribution in [0.2, 0.25) is 0 Å². The Morgan fingerprint density at radius 1 is 1.21 bits per heavy atom. The molecular weight excluding hydrogens is 238 g/mol. The van der Waals surface area contributed by atoms with E-state index in [4.69, 9.17) is 0 Å². The lowest BCUT2D eigenvalue weighted by molar-refractivity contribution is 1.04. The number of hydrogen-bond donors (Lipinski definition) is 1. The third-order valence-electron chi connectivity index (χ3n) is 3.18. The first-order valence-corrected chi connectivity index (χ1v) is 5.90. The van der Waals surface area contributed by atoms with E-state index in [0.29, 0.717) is 5.56 Å². The van der Waals surface area contributed by atoms with Gasteiger partial charge in [-0.2, -0.15) is 5.26 Å². The molecule has 0 amide bonds. The van der Waals surface area contributed by atoms with Crippen molar-refractivity contribution in [1.82, 2.24) is 9.55 Å². The van der Waals surface area contributed by atoms with Crippen LogP contribution in [0.1, 0.15) is 11.3 Å². The summed E-state index contributed by atoms with van der Waals surface area (Å²) < 4.78 is 1.85. The summed E-state index contributed by atoms with van der Waals surface area (Å²) in [6.07, 6.45) is 3.43. The Labute approximate surface area is 109 Å². The highest BCUT2D eigenvalue weighted by Gasteiger charge is 2.08. The fourth-order valence-corrected chi connectivity index (χ4v) is 2.20. The van der Waals surface area contributed by atoms with E-state index in [1.54, 1.807) is 12.4 Å². The largest absolute Gasteiger partial charge is 0.358 e. The first-order chi connectivity index (χ1) is 9.19. The van der Waals surface area contributed by atoms with Crippen LogP contribution in [0.5, 0.6) is 0 Å². The zero-order valence-corrected chi connectivity index (χ0v) is 10.3. The van der Waals surface area contributed by atoms with Crippen LogP contribution < -0.4 is 5.43 Å². The zero-order chi connectivity index (χ0) is 13.4. The average Bonchev–Trinajstić information content (AvgIpc) is 2.74. The van der Waals surface area contributed by atoms with Crippen LogP contribution >= 0.6 is 0 Å². The Morgan fingerprint density at radius 2 is 1.95 bits per heavy atom. The van der Waals surface area contributed by atoms with E-state index in [2.05, 4.69) is 11.1 Å². The number of pyridine rings is 1. The fourth-order valence-electron chi connectivity index (χ4n) is 2.20. The van der Waals surface area contributed by atoms with E-state index in [0.717, 1.165) is 22.3 Å². The maximum absolute atomic E-state index is 11.1. The number of nitrogens with one attached hydrogen (secondary N) is 1. The van der Waals surface area contributed by atoms with Crippen LogP contribution in [0.3, 0.4) is 0 Å². The van der Waals surface area contributed by atoms with Gasteiger partial charge in [-0.3, -0.25) is 4.79 Å². The quantitative estimate of drug-likeness (QED) is 0.720. The van der Waals surface area contributed by atoms with Gasteiger partial charge in [-0.15, -0.1) is 0 Å². The number of H-pyrrole nitrogens is 1. The molecule has 2 aromatic heterocycles. The van der Waals surface area contributed by atoms with E-state index < -0.39 is 0 Å². The molecule has 0 aliphatic carbocycles. The maximum Gasteiger partial charge on any atom is 0.181 e. The van der Waals surface area contributed by atoms with E-state index in [-0.39, 0.29) is 5.43 Å². The standard InChI is InChI=1S/C15H11N3O/c1-10-14(9-16)13-8-11(2-3-15(13)17-10)18-6-4-12(19)5-7-18/h2-8,17H,1H3. The van der Waals surface area contributed by atoms with Crippen LogP contribution in [-0.4, -0.2) is 9.55 Å². The van der Waals surface area contributed by atoms with Gasteiger partial charge >= 0.3 is 0 Å². The third-order valence-corrected chi connectivity index (χ3v) is 3.18. The Morgan fingerprint density at radius 3 is 2.63 bits per heavy atom. The Bertz CT molecular complexity index is 845. The highest BCUT2D eigenvalue weighted by molar-refractivity contribution is 5.88. The first kappa shape index (κ1) is 11.3. The lowest BCUT2D eigenvalue weighted by Crippen LogP contribution is -2.01. The lowest BCUT2D eigenvalue weighted by Gasteiger charge is -2.05. The van der Waals surface area contributed by atoms with Crippen molar-refractivity contribution in [3.05, 3.63) is 64.2 Å². The van der Waals surface area contributed by atoms with Gasteiger partial charge in [-0.25, -0.2) is 0 Å². The molecule has 0 bridgehead atoms. The topological polar surface area (TPSA) is 61.6 Å². The van der Waals surface area contributed by atoms with Gasteiger partial charge in [0.25, 0.3) is 0 Å². The minimum Gasteiger partial charge on any atom is -0.358 e. The first-order valence-electron chi connectivity index (χ1n) is 5.90. The predicted molar refractivity (Wildman–Crippen MR) is 73.3 cm³/mol. The van der Waals surface area contributed by atoms with E-state index in [1.165, 1.54) is 12.1 Å². The molecule has 92 valence electrons. The Kier molecular flexibility index (Phi) is 2.46. The normalized spacial score (nSPS) is 10.5. The molecule has 4 heteroatoms. The van der Waals surface area contributed by atoms with Crippen molar-refractivity contribution in [1.29, 1.82) is 5.26 Å². The predicted octanol–water partition coefficient (Wildman–Crippen LogP) is 2.50. The fraction of sp³-hybridized carbons (Fsp3) is 0.0667. The van der Waals surface area contributed by atoms with Gasteiger partial charge in [-0.1, -0.05) is 0 Å². The monoisotopic (exact) mass is 249 g/mol. The van der Waals surface area contributed by atoms with Crippen molar-refractivity contribution in [3.63, 3.8) is 0 Å². The van der Waals surface area contributed by atoms with Crippen LogP contribution in [0.4, 0.5) is 0 Å². The molecule has 0 spiro atoms. The summed E-state index contributed by atoms with van der Waals surface area (Å²) in [5, 5.41) is 10.1. The van der Waals surface area contributed by atoms with Crippen LogP contribution in [0.15, 0.2) is 47.5 Å². The lowest BCUT2D eigenvalue weighted by atomic mass is 10.1. The average molecular weight is 249 g/mol. The number of nitrogens with zero attached hydrogens (tertiary/aromatic N) is 2. The van der Waals surface area contributed by atoms with Crippen molar-refractivity contribution in [2.45, 2.75) is 6.92 Å². The number of benzene rings is 1. The number of rotatable bonds is 1. The molecule has 0 saturated heterocycles. The number of nitriles is 1. The summed E-state index contributed by atoms with van der Waals surface area (Å²) in [6, 6.07) is 11.1. The molecule has 0 atom stereocenters. The van der Waals surface area contributed by atoms with E-state index in [1.807, 2.05) is 29.7 Å². The van der Waals surface area contributed by atoms with Crippen molar-refractivity contribution in [3.8, 4) is 11.8 Å². The minimum absolute atomic E-state index is 0.0208. The van der Waals surface area contributed by atoms with Crippen molar-refractivity contribution in [2.75, 3.05) is 0 Å². The second-order valence-electron chi connectivity index (χ2n) is 4.41. The molecule has 3 rings (SSSR count). The van der Waals surface area contributed by atoms with Crippen molar-refractivity contribution < 1.29 is 0 Å². The highest BCUT2D eigenvalue weighted by Crippen LogP contribution is 2.23. The Hall–Kier alpha value is -2.80. The molecule has 1 N–H and O–H groups in total. The van der Waals surface area contributed by atoms with Gasteiger partial charge in [0, 0.05) is 46.8 Å². The molecule has 0 unspecified atom stereocenters. The van der Waals surface area contributed by atoms with Gasteiger partial charge in [0.2, 0.25) is 0 Å². The third kappa shape index (κ3) is 1.81. The van der Waals surface area contributed by atoms with Crippen molar-refractivity contribution >= 4 is 10.9 Å². The number of fused-ring (bicyclic) bond motifs is 1. The van der Waals surface area contributed by atoms with Crippen LogP contribution in [0.25, 0.3) is 16.6 Å². The molecule has 0 aliphatic heterocycles. The molecule has 3 aromatic rings. The molecule has 0 radical (unpaired) electrons. The van der Waals surface area contributed by atoms with Gasteiger partial charge in [0.15, 0.2) is 5.43 Å². The van der Waals surface area contributed by atoms with Gasteiger partial charge < -0.3 is 9.55 Å². The van der Waals surface area contributed by atoms with E-state index in [9.17, 15) is 10.1 Å². The van der Waals surface area contributed by atoms with E-state index >= 15 is 0 Å². The summed E-state index contributed by atoms with van der Waals surface area (Å²) in [6.45, 7) is 1.89. The summed E-state index contributed by atoms with van der Waals surface area (Å²) in [5.41, 5.74) is 3.38. The maximum atomic E-state index is 11.1. The molecule has 0 fully saturated rings. The second-order valence-corrected chi connectivity index (χ2v) is 4.41. The molecular formula is C15H11N3O. The summed E-state index contributed by atoms with van der Waals surface area (Å²) >= 11 is 0. The van der Waals surface area contributed by atoms with Gasteiger partial charge in [0.05, 0.1) is 5.56 Å². The number of aryl methyl sites for hydroxylation is 1. The molecule has 0 saturated carbocycles. The summed E-state index contributed by atoms with van der Waals surface area (Å²) in [5.74, 6) is 0. The second kappa shape index (κ2) is 4.14. The molecule has 2 heterocycles. The SMILES string of the molecule is Cc1[nH]c2ccc(-n3ccc(=O)cc3)cc2c1C#N. The summed E-state index contributed by atoms with van der Waals surface area (Å²) in [4.78, 5) is 14.3. The molecule has 1 aromatic carbocycles. The number of aromatic nitrogens is 2. The molecule has 4 nitrogen and oxygen atoms in total. The number of aromatic amines is 1. The molecule has 0 aliphatic rings. The smallest absolute Gasteiger partial charge is 0.181 e. The molecule has 19 heavy (non-hydrogen) atoms. The van der Waals surface area contributed by atoms with Crippen LogP contribution in [0, 0.1) is 18.3 Å². The van der Waals surface area contributed by atoms with Gasteiger partial charge in [0.1, 0.15) is 6.07 Å². The zero-order valence-electron chi connectivity index (χ0n) is 10.3. The Balaban J connectivity index is 2.24. The van der Waals surface area contributed by atoms with Crippen molar-refractivity contribution in [2.24, 2.45) is 0 Å². The highest BCUT2D eigenvalue weighted by atomic mass is 16.1. The minimum atomic E-state index is -0.0208. The van der Waals surface area contributed by atoms with Gasteiger partial charge in [-0.05, 0) is 25.1 Å². The van der Waals surface area contributed by atoms with Crippen LogP contribution in [-0.2, 0) is 0 Å².